The molecule has 4 heteroatoms. The van der Waals surface area contributed by atoms with Crippen molar-refractivity contribution in [2.75, 3.05) is 13.1 Å². The number of carbonyl (C=O) groups excluding carboxylic acids is 2. The summed E-state index contributed by atoms with van der Waals surface area (Å²) in [6.07, 6.45) is 7.83. The van der Waals surface area contributed by atoms with E-state index < -0.39 is 0 Å². The quantitative estimate of drug-likeness (QED) is 0.642. The van der Waals surface area contributed by atoms with Crippen LogP contribution in [-0.2, 0) is 9.59 Å². The Bertz CT molecular complexity index is 334. The van der Waals surface area contributed by atoms with Gasteiger partial charge in [0.25, 0.3) is 0 Å². The maximum Gasteiger partial charge on any atom is 0.223 e. The van der Waals surface area contributed by atoms with Gasteiger partial charge in [-0.25, -0.2) is 0 Å². The van der Waals surface area contributed by atoms with Crippen molar-refractivity contribution in [1.29, 1.82) is 0 Å². The summed E-state index contributed by atoms with van der Waals surface area (Å²) in [6, 6.07) is 0. The summed E-state index contributed by atoms with van der Waals surface area (Å²) in [5.41, 5.74) is 0. The lowest BCUT2D eigenvalue weighted by Crippen LogP contribution is -2.38. The fourth-order valence-corrected chi connectivity index (χ4v) is 2.98. The molecule has 0 spiro atoms. The smallest absolute Gasteiger partial charge is 0.223 e. The van der Waals surface area contributed by atoms with Crippen LogP contribution in [0.25, 0.3) is 0 Å². The van der Waals surface area contributed by atoms with Crippen molar-refractivity contribution < 1.29 is 9.59 Å². The van der Waals surface area contributed by atoms with Gasteiger partial charge in [-0.1, -0.05) is 33.6 Å². The zero-order valence-electron chi connectivity index (χ0n) is 14.6. The fraction of sp³-hybridized carbons (Fsp3) is 0.889. The van der Waals surface area contributed by atoms with Crippen LogP contribution in [0.2, 0.25) is 0 Å². The van der Waals surface area contributed by atoms with E-state index in [1.807, 2.05) is 0 Å². The molecule has 0 heterocycles. The summed E-state index contributed by atoms with van der Waals surface area (Å²) in [5.74, 6) is 1.21. The van der Waals surface area contributed by atoms with Crippen LogP contribution >= 0.6 is 0 Å². The lowest BCUT2D eigenvalue weighted by molar-refractivity contribution is -0.130. The van der Waals surface area contributed by atoms with Gasteiger partial charge in [0.2, 0.25) is 11.8 Å². The second kappa shape index (κ2) is 10.6. The van der Waals surface area contributed by atoms with Gasteiger partial charge in [-0.2, -0.15) is 0 Å². The highest BCUT2D eigenvalue weighted by atomic mass is 16.2. The summed E-state index contributed by atoms with van der Waals surface area (Å²) < 4.78 is 0. The molecule has 1 fully saturated rings. The highest BCUT2D eigenvalue weighted by Crippen LogP contribution is 2.29. The predicted octanol–water partition coefficient (Wildman–Crippen LogP) is 3.26. The summed E-state index contributed by atoms with van der Waals surface area (Å²) in [5, 5.41) is 6.08. The van der Waals surface area contributed by atoms with Crippen LogP contribution in [0.3, 0.4) is 0 Å². The van der Waals surface area contributed by atoms with E-state index >= 15 is 0 Å². The van der Waals surface area contributed by atoms with Crippen molar-refractivity contribution in [3.05, 3.63) is 0 Å². The molecule has 0 aromatic carbocycles. The Kier molecular flexibility index (Phi) is 9.17. The second-order valence-corrected chi connectivity index (χ2v) is 7.02. The Morgan fingerprint density at radius 3 is 1.86 bits per heavy atom. The number of unbranched alkanes of at least 4 members (excludes halogenated alkanes) is 2. The van der Waals surface area contributed by atoms with Gasteiger partial charge < -0.3 is 10.6 Å². The number of hydrogen-bond donors (Lipinski definition) is 2. The molecular weight excluding hydrogens is 276 g/mol. The van der Waals surface area contributed by atoms with Crippen LogP contribution in [0.15, 0.2) is 0 Å². The maximum absolute atomic E-state index is 12.1. The molecule has 0 radical (unpaired) electrons. The van der Waals surface area contributed by atoms with Crippen LogP contribution in [0.4, 0.5) is 0 Å². The van der Waals surface area contributed by atoms with E-state index in [4.69, 9.17) is 0 Å². The fourth-order valence-electron chi connectivity index (χ4n) is 2.98. The molecule has 1 rings (SSSR count). The first-order valence-corrected chi connectivity index (χ1v) is 9.10. The van der Waals surface area contributed by atoms with E-state index in [-0.39, 0.29) is 23.7 Å². The summed E-state index contributed by atoms with van der Waals surface area (Å²) in [4.78, 5) is 24.2. The van der Waals surface area contributed by atoms with Crippen LogP contribution in [0.5, 0.6) is 0 Å². The summed E-state index contributed by atoms with van der Waals surface area (Å²) >= 11 is 0. The largest absolute Gasteiger partial charge is 0.356 e. The third-order valence-corrected chi connectivity index (χ3v) is 4.57. The van der Waals surface area contributed by atoms with Crippen molar-refractivity contribution in [1.82, 2.24) is 10.6 Å². The van der Waals surface area contributed by atoms with Crippen LogP contribution in [-0.4, -0.2) is 24.9 Å². The number of amides is 2. The molecule has 128 valence electrons. The molecule has 1 saturated carbocycles. The molecule has 0 bridgehead atoms. The van der Waals surface area contributed by atoms with E-state index in [2.05, 4.69) is 31.4 Å². The Morgan fingerprint density at radius 2 is 1.41 bits per heavy atom. The molecule has 1 aliphatic rings. The minimum absolute atomic E-state index is 0.108. The monoisotopic (exact) mass is 310 g/mol. The molecule has 1 aliphatic carbocycles. The standard InChI is InChI=1S/C18H34N2O2/c1-4-5-6-12-19-17(21)15-7-9-16(10-8-15)18(22)20-13-11-14(2)3/h14-16H,4-13H2,1-3H3,(H,19,21)(H,20,22). The van der Waals surface area contributed by atoms with Crippen molar-refractivity contribution in [2.24, 2.45) is 17.8 Å². The number of carbonyl (C=O) groups is 2. The van der Waals surface area contributed by atoms with Crippen molar-refractivity contribution in [2.45, 2.75) is 72.1 Å². The van der Waals surface area contributed by atoms with E-state index in [1.54, 1.807) is 0 Å². The first-order chi connectivity index (χ1) is 10.5. The molecule has 0 aliphatic heterocycles. The van der Waals surface area contributed by atoms with Crippen molar-refractivity contribution in [3.8, 4) is 0 Å². The van der Waals surface area contributed by atoms with Gasteiger partial charge in [-0.05, 0) is 44.4 Å². The SMILES string of the molecule is CCCCCNC(=O)C1CCC(C(=O)NCCC(C)C)CC1. The highest BCUT2D eigenvalue weighted by molar-refractivity contribution is 5.81. The zero-order chi connectivity index (χ0) is 16.4. The normalized spacial score (nSPS) is 21.6. The van der Waals surface area contributed by atoms with E-state index in [1.165, 1.54) is 12.8 Å². The van der Waals surface area contributed by atoms with Gasteiger partial charge >= 0.3 is 0 Å². The lowest BCUT2D eigenvalue weighted by Gasteiger charge is -2.27. The topological polar surface area (TPSA) is 58.2 Å². The molecule has 0 atom stereocenters. The average Bonchev–Trinajstić information content (AvgIpc) is 2.51. The first kappa shape index (κ1) is 19.0. The molecule has 22 heavy (non-hydrogen) atoms. The molecule has 2 N–H and O–H groups in total. The third kappa shape index (κ3) is 7.28. The Balaban J connectivity index is 2.19. The number of hydrogen-bond acceptors (Lipinski definition) is 2. The van der Waals surface area contributed by atoms with Crippen LogP contribution in [0.1, 0.15) is 72.1 Å². The van der Waals surface area contributed by atoms with Crippen molar-refractivity contribution in [3.63, 3.8) is 0 Å². The number of rotatable bonds is 9. The van der Waals surface area contributed by atoms with Gasteiger partial charge in [0.1, 0.15) is 0 Å². The molecule has 0 aromatic heterocycles. The van der Waals surface area contributed by atoms with Crippen molar-refractivity contribution >= 4 is 11.8 Å². The zero-order valence-corrected chi connectivity index (χ0v) is 14.6. The molecular formula is C18H34N2O2. The predicted molar refractivity (Wildman–Crippen MR) is 90.4 cm³/mol. The Morgan fingerprint density at radius 1 is 0.909 bits per heavy atom. The maximum atomic E-state index is 12.1. The first-order valence-electron chi connectivity index (χ1n) is 9.10. The van der Waals surface area contributed by atoms with Gasteiger partial charge in [0.05, 0.1) is 0 Å². The molecule has 0 saturated heterocycles. The summed E-state index contributed by atoms with van der Waals surface area (Å²) in [6.45, 7) is 8.05. The van der Waals surface area contributed by atoms with Gasteiger partial charge in [0, 0.05) is 24.9 Å². The number of nitrogens with one attached hydrogen (secondary N) is 2. The summed E-state index contributed by atoms with van der Waals surface area (Å²) in [7, 11) is 0. The van der Waals surface area contributed by atoms with E-state index in [0.717, 1.165) is 51.6 Å². The Labute approximate surface area is 135 Å². The van der Waals surface area contributed by atoms with Gasteiger partial charge in [-0.3, -0.25) is 9.59 Å². The minimum Gasteiger partial charge on any atom is -0.356 e. The molecule has 0 aromatic rings. The van der Waals surface area contributed by atoms with Gasteiger partial charge in [0.15, 0.2) is 0 Å². The lowest BCUT2D eigenvalue weighted by atomic mass is 9.81. The second-order valence-electron chi connectivity index (χ2n) is 7.02. The average molecular weight is 310 g/mol. The molecule has 2 amide bonds. The van der Waals surface area contributed by atoms with Crippen LogP contribution in [0, 0.1) is 17.8 Å². The van der Waals surface area contributed by atoms with Crippen LogP contribution < -0.4 is 10.6 Å². The van der Waals surface area contributed by atoms with E-state index in [9.17, 15) is 9.59 Å². The molecule has 0 unspecified atom stereocenters. The van der Waals surface area contributed by atoms with E-state index in [0.29, 0.717) is 5.92 Å². The minimum atomic E-state index is 0.108. The third-order valence-electron chi connectivity index (χ3n) is 4.57. The molecule has 4 nitrogen and oxygen atoms in total. The van der Waals surface area contributed by atoms with Gasteiger partial charge in [-0.15, -0.1) is 0 Å². The Hall–Kier alpha value is -1.06. The highest BCUT2D eigenvalue weighted by Gasteiger charge is 2.29.